The SMILES string of the molecule is Cc1[nH]n(-c2ccc(S(=O)(=O)O)cc2)c(=O)c1N=Nc1ccc2c(O)cc(S(O)(O)O)cc2c1. The molecule has 0 spiro atoms. The second-order valence-corrected chi connectivity index (χ2v) is 10.2. The van der Waals surface area contributed by atoms with Gasteiger partial charge < -0.3 is 18.8 Å². The second kappa shape index (κ2) is 8.35. The van der Waals surface area contributed by atoms with E-state index in [0.29, 0.717) is 22.2 Å². The standard InChI is InChI=1S/C20H18N4O8S2/c1-11-19(20(26)24(23-11)14-3-5-15(6-4-14)33(27,28)29)22-21-13-2-7-17-12(8-13)9-16(10-18(17)25)34(30,31)32/h2-10,23,25,30-32H,1H3,(H,27,28,29). The Morgan fingerprint density at radius 3 is 2.18 bits per heavy atom. The van der Waals surface area contributed by atoms with Crippen molar-refractivity contribution in [2.75, 3.05) is 0 Å². The maximum Gasteiger partial charge on any atom is 0.299 e. The van der Waals surface area contributed by atoms with Gasteiger partial charge in [0.1, 0.15) is 16.6 Å². The number of nitrogens with zero attached hydrogens (tertiary/aromatic N) is 3. The quantitative estimate of drug-likeness (QED) is 0.167. The number of aryl methyl sites for hydroxylation is 1. The summed E-state index contributed by atoms with van der Waals surface area (Å²) in [6.45, 7) is 1.59. The van der Waals surface area contributed by atoms with E-state index in [4.69, 9.17) is 4.55 Å². The third kappa shape index (κ3) is 4.58. The number of hydrogen-bond donors (Lipinski definition) is 6. The van der Waals surface area contributed by atoms with Crippen LogP contribution in [0.5, 0.6) is 5.75 Å². The molecular weight excluding hydrogens is 488 g/mol. The minimum atomic E-state index is -4.37. The van der Waals surface area contributed by atoms with Crippen molar-refractivity contribution in [1.29, 1.82) is 0 Å². The van der Waals surface area contributed by atoms with Crippen molar-refractivity contribution < 1.29 is 31.7 Å². The van der Waals surface area contributed by atoms with Crippen LogP contribution in [0.25, 0.3) is 16.5 Å². The minimum absolute atomic E-state index is 0.0138. The summed E-state index contributed by atoms with van der Waals surface area (Å²) in [6.07, 6.45) is 0. The lowest BCUT2D eigenvalue weighted by molar-refractivity contribution is 0.375. The van der Waals surface area contributed by atoms with Crippen LogP contribution in [0.15, 0.2) is 79.4 Å². The molecule has 0 saturated heterocycles. The van der Waals surface area contributed by atoms with E-state index in [1.807, 2.05) is 0 Å². The maximum absolute atomic E-state index is 12.8. The lowest BCUT2D eigenvalue weighted by Crippen LogP contribution is -2.14. The Morgan fingerprint density at radius 2 is 1.56 bits per heavy atom. The number of rotatable bonds is 5. The van der Waals surface area contributed by atoms with Gasteiger partial charge in [-0.05, 0) is 66.9 Å². The monoisotopic (exact) mass is 506 g/mol. The van der Waals surface area contributed by atoms with E-state index in [0.717, 1.165) is 22.9 Å². The number of phenols is 1. The zero-order chi connectivity index (χ0) is 24.8. The molecule has 14 heteroatoms. The van der Waals surface area contributed by atoms with Crippen molar-refractivity contribution in [2.24, 2.45) is 10.2 Å². The fraction of sp³-hybridized carbons (Fsp3) is 0.0500. The van der Waals surface area contributed by atoms with Gasteiger partial charge in [-0.3, -0.25) is 14.4 Å². The molecule has 0 atom stereocenters. The van der Waals surface area contributed by atoms with E-state index >= 15 is 0 Å². The average molecular weight is 507 g/mol. The second-order valence-electron chi connectivity index (χ2n) is 7.26. The van der Waals surface area contributed by atoms with E-state index in [-0.39, 0.29) is 26.9 Å². The van der Waals surface area contributed by atoms with Crippen molar-refractivity contribution in [3.8, 4) is 11.4 Å². The molecule has 0 amide bonds. The van der Waals surface area contributed by atoms with E-state index in [2.05, 4.69) is 15.3 Å². The van der Waals surface area contributed by atoms with Gasteiger partial charge in [-0.2, -0.15) is 13.5 Å². The first-order chi connectivity index (χ1) is 15.8. The Hall–Kier alpha value is -3.53. The van der Waals surface area contributed by atoms with Gasteiger partial charge in [0.05, 0.1) is 26.9 Å². The number of H-pyrrole nitrogens is 1. The summed E-state index contributed by atoms with van der Waals surface area (Å²) in [4.78, 5) is 12.2. The third-order valence-electron chi connectivity index (χ3n) is 4.90. The lowest BCUT2D eigenvalue weighted by Gasteiger charge is -2.20. The van der Waals surface area contributed by atoms with E-state index in [1.54, 1.807) is 6.92 Å². The molecule has 0 aliphatic rings. The molecule has 0 radical (unpaired) electrons. The molecule has 1 heterocycles. The van der Waals surface area contributed by atoms with Crippen LogP contribution in [0.3, 0.4) is 0 Å². The van der Waals surface area contributed by atoms with Crippen molar-refractivity contribution >= 4 is 43.1 Å². The van der Waals surface area contributed by atoms with Gasteiger partial charge in [-0.25, -0.2) is 4.68 Å². The number of fused-ring (bicyclic) bond motifs is 1. The molecular formula is C20H18N4O8S2. The van der Waals surface area contributed by atoms with Gasteiger partial charge in [-0.1, -0.05) is 0 Å². The van der Waals surface area contributed by atoms with Crippen LogP contribution in [0.1, 0.15) is 5.69 Å². The molecule has 12 nitrogen and oxygen atoms in total. The summed E-state index contributed by atoms with van der Waals surface area (Å²) in [5.41, 5.74) is 0.389. The van der Waals surface area contributed by atoms with Gasteiger partial charge in [0.2, 0.25) is 0 Å². The smallest absolute Gasteiger partial charge is 0.299 e. The van der Waals surface area contributed by atoms with Gasteiger partial charge in [0, 0.05) is 5.39 Å². The largest absolute Gasteiger partial charge is 0.507 e. The van der Waals surface area contributed by atoms with Gasteiger partial charge >= 0.3 is 0 Å². The summed E-state index contributed by atoms with van der Waals surface area (Å²) in [6, 6.07) is 11.8. The Labute approximate surface area is 193 Å². The summed E-state index contributed by atoms with van der Waals surface area (Å²) in [5, 5.41) is 21.7. The number of aromatic amines is 1. The van der Waals surface area contributed by atoms with Crippen LogP contribution >= 0.6 is 10.9 Å². The fourth-order valence-electron chi connectivity index (χ4n) is 3.24. The number of nitrogens with one attached hydrogen (secondary N) is 1. The topological polar surface area (TPSA) is 198 Å². The average Bonchev–Trinajstić information content (AvgIpc) is 3.04. The zero-order valence-electron chi connectivity index (χ0n) is 17.3. The molecule has 6 N–H and O–H groups in total. The number of aromatic hydroxyl groups is 1. The summed E-state index contributed by atoms with van der Waals surface area (Å²) >= 11 is 0. The van der Waals surface area contributed by atoms with E-state index < -0.39 is 26.5 Å². The Balaban J connectivity index is 1.69. The molecule has 4 rings (SSSR count). The summed E-state index contributed by atoms with van der Waals surface area (Å²) in [7, 11) is -8.41. The number of azo groups is 1. The van der Waals surface area contributed by atoms with Crippen LogP contribution in [0.4, 0.5) is 11.4 Å². The zero-order valence-corrected chi connectivity index (χ0v) is 18.9. The molecule has 4 aromatic rings. The fourth-order valence-corrected chi connectivity index (χ4v) is 4.28. The first kappa shape index (κ1) is 23.6. The molecule has 0 bridgehead atoms. The van der Waals surface area contributed by atoms with Crippen LogP contribution in [0, 0.1) is 6.92 Å². The Morgan fingerprint density at radius 1 is 0.882 bits per heavy atom. The third-order valence-corrected chi connectivity index (χ3v) is 6.64. The highest BCUT2D eigenvalue weighted by atomic mass is 32.3. The van der Waals surface area contributed by atoms with Crippen LogP contribution in [-0.4, -0.2) is 41.5 Å². The summed E-state index contributed by atoms with van der Waals surface area (Å²) in [5.74, 6) is -0.269. The normalized spacial score (nSPS) is 13.1. The highest BCUT2D eigenvalue weighted by Crippen LogP contribution is 2.46. The van der Waals surface area contributed by atoms with Crippen LogP contribution in [-0.2, 0) is 10.1 Å². The van der Waals surface area contributed by atoms with Crippen LogP contribution < -0.4 is 5.56 Å². The molecule has 3 aromatic carbocycles. The molecule has 0 saturated carbocycles. The minimum Gasteiger partial charge on any atom is -0.507 e. The first-order valence-electron chi connectivity index (χ1n) is 9.43. The van der Waals surface area contributed by atoms with Gasteiger partial charge in [0.25, 0.3) is 15.7 Å². The molecule has 178 valence electrons. The van der Waals surface area contributed by atoms with Gasteiger partial charge in [-0.15, -0.1) is 5.11 Å². The predicted octanol–water partition coefficient (Wildman–Crippen LogP) is 4.58. The van der Waals surface area contributed by atoms with Crippen LogP contribution in [0.2, 0.25) is 0 Å². The molecule has 1 aromatic heterocycles. The molecule has 0 aliphatic carbocycles. The number of aromatic nitrogens is 2. The highest BCUT2D eigenvalue weighted by molar-refractivity contribution is 8.19. The summed E-state index contributed by atoms with van der Waals surface area (Å²) < 4.78 is 61.0. The lowest BCUT2D eigenvalue weighted by atomic mass is 10.1. The maximum atomic E-state index is 12.8. The highest BCUT2D eigenvalue weighted by Gasteiger charge is 2.18. The number of benzene rings is 3. The van der Waals surface area contributed by atoms with Crippen molar-refractivity contribution in [3.05, 3.63) is 70.6 Å². The number of phenolic OH excluding ortho intramolecular Hbond substituents is 1. The van der Waals surface area contributed by atoms with E-state index in [9.17, 15) is 32.0 Å². The van der Waals surface area contributed by atoms with Crippen molar-refractivity contribution in [2.45, 2.75) is 16.7 Å². The van der Waals surface area contributed by atoms with Gasteiger partial charge in [0.15, 0.2) is 5.69 Å². The Kier molecular flexibility index (Phi) is 5.80. The van der Waals surface area contributed by atoms with Crippen molar-refractivity contribution in [3.63, 3.8) is 0 Å². The Bertz CT molecular complexity index is 1600. The molecule has 34 heavy (non-hydrogen) atoms. The molecule has 0 aliphatic heterocycles. The number of hydrogen-bond acceptors (Lipinski definition) is 9. The predicted molar refractivity (Wildman–Crippen MR) is 124 cm³/mol. The molecule has 0 unspecified atom stereocenters. The van der Waals surface area contributed by atoms with E-state index in [1.165, 1.54) is 36.4 Å². The first-order valence-corrected chi connectivity index (χ1v) is 12.4. The molecule has 0 fully saturated rings. The van der Waals surface area contributed by atoms with Crippen molar-refractivity contribution in [1.82, 2.24) is 9.78 Å².